The van der Waals surface area contributed by atoms with E-state index in [1.807, 2.05) is 13.8 Å². The fourth-order valence-corrected chi connectivity index (χ4v) is 2.22. The lowest BCUT2D eigenvalue weighted by Crippen LogP contribution is -2.52. The molecule has 1 rings (SSSR count). The van der Waals surface area contributed by atoms with Gasteiger partial charge in [-0.2, -0.15) is 0 Å². The van der Waals surface area contributed by atoms with Gasteiger partial charge in [-0.25, -0.2) is 9.59 Å². The van der Waals surface area contributed by atoms with Gasteiger partial charge in [0.25, 0.3) is 0 Å². The average Bonchev–Trinajstić information content (AvgIpc) is 2.34. The van der Waals surface area contributed by atoms with Crippen molar-refractivity contribution < 1.29 is 14.7 Å². The van der Waals surface area contributed by atoms with Crippen LogP contribution in [0.1, 0.15) is 47.0 Å². The zero-order chi connectivity index (χ0) is 14.6. The summed E-state index contributed by atoms with van der Waals surface area (Å²) in [6.45, 7) is 9.56. The second kappa shape index (κ2) is 6.26. The van der Waals surface area contributed by atoms with Gasteiger partial charge in [0.2, 0.25) is 0 Å². The molecule has 2 atom stereocenters. The lowest BCUT2D eigenvalue weighted by atomic mass is 9.83. The number of nitrogens with zero attached hydrogens (tertiary/aromatic N) is 1. The number of hydrogen-bond acceptors (Lipinski definition) is 2. The standard InChI is InChI=1S/C14H26N2O3/c1-5-10(2)11(12(17)18)15-13(19)16-8-6-14(3,4)7-9-16/h10-11H,5-9H2,1-4H3,(H,15,19)(H,17,18). The van der Waals surface area contributed by atoms with Crippen molar-refractivity contribution in [3.8, 4) is 0 Å². The van der Waals surface area contributed by atoms with Gasteiger partial charge in [0, 0.05) is 13.1 Å². The van der Waals surface area contributed by atoms with Crippen molar-refractivity contribution in [2.45, 2.75) is 53.0 Å². The third kappa shape index (κ3) is 4.40. The van der Waals surface area contributed by atoms with E-state index in [1.54, 1.807) is 4.90 Å². The van der Waals surface area contributed by atoms with Crippen molar-refractivity contribution in [1.29, 1.82) is 0 Å². The summed E-state index contributed by atoms with van der Waals surface area (Å²) in [4.78, 5) is 25.0. The molecule has 0 aromatic rings. The maximum atomic E-state index is 12.1. The summed E-state index contributed by atoms with van der Waals surface area (Å²) < 4.78 is 0. The molecule has 0 aliphatic carbocycles. The minimum atomic E-state index is -0.958. The highest BCUT2D eigenvalue weighted by atomic mass is 16.4. The van der Waals surface area contributed by atoms with Crippen LogP contribution in [-0.2, 0) is 4.79 Å². The fraction of sp³-hybridized carbons (Fsp3) is 0.857. The van der Waals surface area contributed by atoms with Crippen LogP contribution in [0.25, 0.3) is 0 Å². The molecule has 2 unspecified atom stereocenters. The third-order valence-electron chi connectivity index (χ3n) is 4.16. The summed E-state index contributed by atoms with van der Waals surface area (Å²) in [6, 6.07) is -1.05. The van der Waals surface area contributed by atoms with Gasteiger partial charge in [0.05, 0.1) is 0 Å². The first kappa shape index (κ1) is 15.8. The Morgan fingerprint density at radius 3 is 2.26 bits per heavy atom. The van der Waals surface area contributed by atoms with Crippen LogP contribution in [0.5, 0.6) is 0 Å². The maximum Gasteiger partial charge on any atom is 0.326 e. The zero-order valence-corrected chi connectivity index (χ0v) is 12.4. The largest absolute Gasteiger partial charge is 0.480 e. The monoisotopic (exact) mass is 270 g/mol. The summed E-state index contributed by atoms with van der Waals surface area (Å²) in [7, 11) is 0. The lowest BCUT2D eigenvalue weighted by molar-refractivity contribution is -0.140. The van der Waals surface area contributed by atoms with Crippen LogP contribution in [0.2, 0.25) is 0 Å². The first-order valence-corrected chi connectivity index (χ1v) is 7.05. The number of likely N-dealkylation sites (tertiary alicyclic amines) is 1. The number of rotatable bonds is 4. The molecule has 1 fully saturated rings. The number of hydrogen-bond donors (Lipinski definition) is 2. The molecule has 1 heterocycles. The van der Waals surface area contributed by atoms with Crippen molar-refractivity contribution in [3.63, 3.8) is 0 Å². The number of piperidine rings is 1. The lowest BCUT2D eigenvalue weighted by Gasteiger charge is -2.37. The molecule has 2 amide bonds. The molecule has 19 heavy (non-hydrogen) atoms. The number of carbonyl (C=O) groups is 2. The summed E-state index contributed by atoms with van der Waals surface area (Å²) >= 11 is 0. The van der Waals surface area contributed by atoms with Crippen molar-refractivity contribution in [1.82, 2.24) is 10.2 Å². The fourth-order valence-electron chi connectivity index (χ4n) is 2.22. The van der Waals surface area contributed by atoms with Crippen molar-refractivity contribution in [3.05, 3.63) is 0 Å². The molecule has 1 saturated heterocycles. The van der Waals surface area contributed by atoms with Crippen molar-refractivity contribution in [2.75, 3.05) is 13.1 Å². The van der Waals surface area contributed by atoms with E-state index in [1.165, 1.54) is 0 Å². The zero-order valence-electron chi connectivity index (χ0n) is 12.4. The number of nitrogens with one attached hydrogen (secondary N) is 1. The van der Waals surface area contributed by atoms with Crippen LogP contribution >= 0.6 is 0 Å². The predicted octanol–water partition coefficient (Wildman–Crippen LogP) is 2.32. The van der Waals surface area contributed by atoms with E-state index >= 15 is 0 Å². The molecule has 1 aliphatic heterocycles. The average molecular weight is 270 g/mol. The Kier molecular flexibility index (Phi) is 5.20. The number of carboxylic acid groups (broad SMARTS) is 1. The Hall–Kier alpha value is -1.26. The normalized spacial score (nSPS) is 21.6. The van der Waals surface area contributed by atoms with Crippen LogP contribution in [0.4, 0.5) is 4.79 Å². The molecule has 0 aromatic heterocycles. The molecule has 0 spiro atoms. The highest BCUT2D eigenvalue weighted by molar-refractivity contribution is 5.82. The van der Waals surface area contributed by atoms with Gasteiger partial charge in [0.15, 0.2) is 0 Å². The van der Waals surface area contributed by atoms with E-state index in [0.29, 0.717) is 13.1 Å². The number of amides is 2. The third-order valence-corrected chi connectivity index (χ3v) is 4.16. The van der Waals surface area contributed by atoms with E-state index in [-0.39, 0.29) is 17.4 Å². The molecular formula is C14H26N2O3. The van der Waals surface area contributed by atoms with Gasteiger partial charge in [-0.15, -0.1) is 0 Å². The van der Waals surface area contributed by atoms with E-state index in [4.69, 9.17) is 0 Å². The maximum absolute atomic E-state index is 12.1. The molecule has 0 radical (unpaired) electrons. The van der Waals surface area contributed by atoms with Gasteiger partial charge in [-0.05, 0) is 24.2 Å². The molecule has 2 N–H and O–H groups in total. The number of carboxylic acids is 1. The Morgan fingerprint density at radius 2 is 1.84 bits per heavy atom. The molecule has 5 nitrogen and oxygen atoms in total. The number of carbonyl (C=O) groups excluding carboxylic acids is 1. The minimum absolute atomic E-state index is 0.0670. The first-order chi connectivity index (χ1) is 8.76. The van der Waals surface area contributed by atoms with Gasteiger partial charge in [0.1, 0.15) is 6.04 Å². The number of aliphatic carboxylic acids is 1. The van der Waals surface area contributed by atoms with Crippen LogP contribution in [0.15, 0.2) is 0 Å². The highest BCUT2D eigenvalue weighted by Gasteiger charge is 2.31. The summed E-state index contributed by atoms with van der Waals surface area (Å²) in [5.41, 5.74) is 0.277. The summed E-state index contributed by atoms with van der Waals surface area (Å²) in [5, 5.41) is 11.8. The molecule has 0 bridgehead atoms. The first-order valence-electron chi connectivity index (χ1n) is 7.05. The molecule has 0 saturated carbocycles. The van der Waals surface area contributed by atoms with E-state index in [2.05, 4.69) is 19.2 Å². The Bertz CT molecular complexity index is 332. The molecular weight excluding hydrogens is 244 g/mol. The second-order valence-corrected chi connectivity index (χ2v) is 6.30. The number of urea groups is 1. The smallest absolute Gasteiger partial charge is 0.326 e. The van der Waals surface area contributed by atoms with E-state index in [9.17, 15) is 14.7 Å². The van der Waals surface area contributed by atoms with Crippen LogP contribution in [0.3, 0.4) is 0 Å². The summed E-state index contributed by atoms with van der Waals surface area (Å²) in [5.74, 6) is -1.03. The van der Waals surface area contributed by atoms with Crippen molar-refractivity contribution >= 4 is 12.0 Å². The van der Waals surface area contributed by atoms with E-state index < -0.39 is 12.0 Å². The minimum Gasteiger partial charge on any atom is -0.480 e. The molecule has 1 aliphatic rings. The van der Waals surface area contributed by atoms with Gasteiger partial charge in [-0.1, -0.05) is 34.1 Å². The highest BCUT2D eigenvalue weighted by Crippen LogP contribution is 2.29. The quantitative estimate of drug-likeness (QED) is 0.823. The second-order valence-electron chi connectivity index (χ2n) is 6.30. The van der Waals surface area contributed by atoms with Crippen LogP contribution < -0.4 is 5.32 Å². The summed E-state index contributed by atoms with van der Waals surface area (Å²) in [6.07, 6.45) is 2.65. The SMILES string of the molecule is CCC(C)C(NC(=O)N1CCC(C)(C)CC1)C(=O)O. The predicted molar refractivity (Wildman–Crippen MR) is 74.0 cm³/mol. The van der Waals surface area contributed by atoms with Crippen molar-refractivity contribution in [2.24, 2.45) is 11.3 Å². The Balaban J connectivity index is 2.56. The van der Waals surface area contributed by atoms with Gasteiger partial charge >= 0.3 is 12.0 Å². The Morgan fingerprint density at radius 1 is 1.32 bits per heavy atom. The topological polar surface area (TPSA) is 69.6 Å². The van der Waals surface area contributed by atoms with Gasteiger partial charge < -0.3 is 15.3 Å². The molecule has 110 valence electrons. The van der Waals surface area contributed by atoms with E-state index in [0.717, 1.165) is 19.3 Å². The Labute approximate surface area is 115 Å². The van der Waals surface area contributed by atoms with Crippen LogP contribution in [0, 0.1) is 11.3 Å². The van der Waals surface area contributed by atoms with Crippen LogP contribution in [-0.4, -0.2) is 41.1 Å². The molecule has 5 heteroatoms. The van der Waals surface area contributed by atoms with Gasteiger partial charge in [-0.3, -0.25) is 0 Å². The molecule has 0 aromatic carbocycles.